The van der Waals surface area contributed by atoms with Crippen molar-refractivity contribution in [3.05, 3.63) is 58.5 Å². The topological polar surface area (TPSA) is 137 Å². The van der Waals surface area contributed by atoms with Crippen LogP contribution in [0.4, 0.5) is 5.69 Å². The lowest BCUT2D eigenvalue weighted by Gasteiger charge is -2.12. The van der Waals surface area contributed by atoms with Crippen LogP contribution in [0.25, 0.3) is 6.08 Å². The van der Waals surface area contributed by atoms with Gasteiger partial charge in [-0.25, -0.2) is 14.6 Å². The number of carboxylic acid groups (broad SMARTS) is 2. The zero-order valence-electron chi connectivity index (χ0n) is 17.2. The van der Waals surface area contributed by atoms with Crippen LogP contribution in [0.2, 0.25) is 0 Å². The minimum Gasteiger partial charge on any atom is -0.508 e. The van der Waals surface area contributed by atoms with Gasteiger partial charge in [-0.3, -0.25) is 9.69 Å². The van der Waals surface area contributed by atoms with Crippen LogP contribution < -0.4 is 4.74 Å². The van der Waals surface area contributed by atoms with Gasteiger partial charge in [-0.05, 0) is 67.6 Å². The van der Waals surface area contributed by atoms with Crippen molar-refractivity contribution in [3.8, 4) is 11.5 Å². The van der Waals surface area contributed by atoms with E-state index in [1.807, 2.05) is 0 Å². The zero-order valence-corrected chi connectivity index (χ0v) is 18.0. The molecule has 0 saturated carbocycles. The SMILES string of the molecule is CCN1C(=O)/C(=C/c2cccc(OC(C)C(=O)O)c2)SC1=Nc1ccc(O)cc1C(=O)O. The third-order valence-electron chi connectivity index (χ3n) is 4.45. The molecule has 1 aliphatic rings. The van der Waals surface area contributed by atoms with Gasteiger partial charge >= 0.3 is 11.9 Å². The average Bonchev–Trinajstić information content (AvgIpc) is 3.03. The minimum absolute atomic E-state index is 0.114. The van der Waals surface area contributed by atoms with Crippen LogP contribution in [-0.4, -0.2) is 55.9 Å². The molecule has 1 fully saturated rings. The van der Waals surface area contributed by atoms with E-state index in [1.165, 1.54) is 24.0 Å². The van der Waals surface area contributed by atoms with Gasteiger partial charge in [-0.1, -0.05) is 12.1 Å². The number of thioether (sulfide) groups is 1. The highest BCUT2D eigenvalue weighted by Gasteiger charge is 2.32. The fraction of sp³-hybridized carbons (Fsp3) is 0.182. The number of phenols is 1. The van der Waals surface area contributed by atoms with E-state index < -0.39 is 18.0 Å². The number of carbonyl (C=O) groups is 3. The van der Waals surface area contributed by atoms with E-state index in [0.29, 0.717) is 27.9 Å². The molecule has 1 aliphatic heterocycles. The van der Waals surface area contributed by atoms with Crippen LogP contribution in [0.15, 0.2) is 52.4 Å². The monoisotopic (exact) mass is 456 g/mol. The van der Waals surface area contributed by atoms with Gasteiger partial charge in [0.25, 0.3) is 5.91 Å². The Morgan fingerprint density at radius 1 is 1.22 bits per heavy atom. The van der Waals surface area contributed by atoms with Gasteiger partial charge in [-0.15, -0.1) is 0 Å². The number of phenolic OH excluding ortho intramolecular Hbond substituents is 1. The molecule has 0 aromatic heterocycles. The summed E-state index contributed by atoms with van der Waals surface area (Å²) < 4.78 is 5.36. The van der Waals surface area contributed by atoms with E-state index in [2.05, 4.69) is 4.99 Å². The first-order chi connectivity index (χ1) is 15.2. The summed E-state index contributed by atoms with van der Waals surface area (Å²) in [7, 11) is 0. The Kier molecular flexibility index (Phi) is 6.84. The van der Waals surface area contributed by atoms with E-state index in [4.69, 9.17) is 9.84 Å². The standard InChI is InChI=1S/C22H20N2O7S/c1-3-24-19(26)18(10-13-5-4-6-15(9-13)31-12(2)20(27)28)32-22(24)23-17-8-7-14(25)11-16(17)21(29)30/h4-12,25H,3H2,1-2H3,(H,27,28)(H,29,30)/b18-10-,23-22?. The van der Waals surface area contributed by atoms with Gasteiger partial charge in [0.2, 0.25) is 0 Å². The molecular weight excluding hydrogens is 436 g/mol. The smallest absolute Gasteiger partial charge is 0.344 e. The largest absolute Gasteiger partial charge is 0.508 e. The normalized spacial score (nSPS) is 17.1. The predicted molar refractivity (Wildman–Crippen MR) is 119 cm³/mol. The van der Waals surface area contributed by atoms with E-state index >= 15 is 0 Å². The lowest BCUT2D eigenvalue weighted by Crippen LogP contribution is -2.28. The molecule has 0 bridgehead atoms. The van der Waals surface area contributed by atoms with Gasteiger partial charge in [0.1, 0.15) is 11.5 Å². The highest BCUT2D eigenvalue weighted by Crippen LogP contribution is 2.35. The van der Waals surface area contributed by atoms with Crippen molar-refractivity contribution in [1.82, 2.24) is 4.90 Å². The first kappa shape index (κ1) is 22.9. The van der Waals surface area contributed by atoms with E-state index in [9.17, 15) is 24.6 Å². The highest BCUT2D eigenvalue weighted by atomic mass is 32.2. The number of ether oxygens (including phenoxy) is 1. The van der Waals surface area contributed by atoms with Gasteiger partial charge in [0.15, 0.2) is 11.3 Å². The van der Waals surface area contributed by atoms with Crippen LogP contribution in [0.5, 0.6) is 11.5 Å². The summed E-state index contributed by atoms with van der Waals surface area (Å²) in [4.78, 5) is 41.5. The van der Waals surface area contributed by atoms with Crippen molar-refractivity contribution in [2.75, 3.05) is 6.54 Å². The first-order valence-electron chi connectivity index (χ1n) is 9.55. The highest BCUT2D eigenvalue weighted by molar-refractivity contribution is 8.18. The number of amides is 1. The summed E-state index contributed by atoms with van der Waals surface area (Å²) in [6.07, 6.45) is 0.606. The van der Waals surface area contributed by atoms with Gasteiger partial charge in [0, 0.05) is 6.54 Å². The van der Waals surface area contributed by atoms with Crippen LogP contribution in [-0.2, 0) is 9.59 Å². The molecule has 3 rings (SSSR count). The number of aromatic carboxylic acids is 1. The lowest BCUT2D eigenvalue weighted by atomic mass is 10.2. The Hall–Kier alpha value is -3.79. The van der Waals surface area contributed by atoms with Gasteiger partial charge in [0.05, 0.1) is 16.2 Å². The lowest BCUT2D eigenvalue weighted by molar-refractivity contribution is -0.144. The molecule has 0 radical (unpaired) electrons. The fourth-order valence-electron chi connectivity index (χ4n) is 2.85. The van der Waals surface area contributed by atoms with Crippen molar-refractivity contribution in [3.63, 3.8) is 0 Å². The molecule has 1 amide bonds. The number of nitrogens with zero attached hydrogens (tertiary/aromatic N) is 2. The molecule has 166 valence electrons. The predicted octanol–water partition coefficient (Wildman–Crippen LogP) is 3.57. The molecule has 1 atom stereocenters. The number of aliphatic carboxylic acids is 1. The quantitative estimate of drug-likeness (QED) is 0.538. The molecule has 2 aromatic carbocycles. The second kappa shape index (κ2) is 9.56. The van der Waals surface area contributed by atoms with E-state index in [0.717, 1.165) is 17.8 Å². The number of hydrogen-bond donors (Lipinski definition) is 3. The van der Waals surface area contributed by atoms with Crippen LogP contribution in [0.3, 0.4) is 0 Å². The Morgan fingerprint density at radius 3 is 2.62 bits per heavy atom. The number of carbonyl (C=O) groups excluding carboxylic acids is 1. The fourth-order valence-corrected chi connectivity index (χ4v) is 3.91. The third kappa shape index (κ3) is 5.09. The maximum absolute atomic E-state index is 12.9. The summed E-state index contributed by atoms with van der Waals surface area (Å²) in [5.41, 5.74) is 0.559. The molecule has 0 aliphatic carbocycles. The summed E-state index contributed by atoms with van der Waals surface area (Å²) in [6.45, 7) is 3.51. The Labute approximate surface area is 187 Å². The van der Waals surface area contributed by atoms with Crippen LogP contribution in [0, 0.1) is 0 Å². The summed E-state index contributed by atoms with van der Waals surface area (Å²) in [6, 6.07) is 10.5. The number of likely N-dealkylation sites (N-methyl/N-ethyl adjacent to an activating group) is 1. The minimum atomic E-state index is -1.25. The second-order valence-electron chi connectivity index (χ2n) is 6.73. The van der Waals surface area contributed by atoms with Gasteiger partial charge in [-0.2, -0.15) is 0 Å². The van der Waals surface area contributed by atoms with Crippen molar-refractivity contribution < 1.29 is 34.4 Å². The summed E-state index contributed by atoms with van der Waals surface area (Å²) >= 11 is 1.09. The molecule has 1 heterocycles. The molecular formula is C22H20N2O7S. The maximum Gasteiger partial charge on any atom is 0.344 e. The first-order valence-corrected chi connectivity index (χ1v) is 10.4. The summed E-state index contributed by atoms with van der Waals surface area (Å²) in [5.74, 6) is -2.49. The molecule has 1 unspecified atom stereocenters. The van der Waals surface area contributed by atoms with Crippen molar-refractivity contribution >= 4 is 46.5 Å². The zero-order chi connectivity index (χ0) is 23.4. The maximum atomic E-state index is 12.9. The van der Waals surface area contributed by atoms with Gasteiger partial charge < -0.3 is 20.1 Å². The Bertz CT molecular complexity index is 1140. The molecule has 32 heavy (non-hydrogen) atoms. The van der Waals surface area contributed by atoms with E-state index in [1.54, 1.807) is 37.3 Å². The number of hydrogen-bond acceptors (Lipinski definition) is 7. The molecule has 3 N–H and O–H groups in total. The second-order valence-corrected chi connectivity index (χ2v) is 7.74. The van der Waals surface area contributed by atoms with Crippen molar-refractivity contribution in [2.24, 2.45) is 4.99 Å². The number of aliphatic imine (C=N–C) groups is 1. The number of benzene rings is 2. The Morgan fingerprint density at radius 2 is 1.97 bits per heavy atom. The number of aromatic hydroxyl groups is 1. The number of carboxylic acids is 2. The molecule has 2 aromatic rings. The molecule has 0 spiro atoms. The summed E-state index contributed by atoms with van der Waals surface area (Å²) in [5, 5.41) is 28.3. The molecule has 9 nitrogen and oxygen atoms in total. The Balaban J connectivity index is 1.93. The number of rotatable bonds is 7. The third-order valence-corrected chi connectivity index (χ3v) is 5.45. The average molecular weight is 456 g/mol. The van der Waals surface area contributed by atoms with E-state index in [-0.39, 0.29) is 22.9 Å². The molecule has 1 saturated heterocycles. The molecule has 10 heteroatoms. The van der Waals surface area contributed by atoms with Crippen LogP contribution >= 0.6 is 11.8 Å². The van der Waals surface area contributed by atoms with Crippen molar-refractivity contribution in [1.29, 1.82) is 0 Å². The van der Waals surface area contributed by atoms with Crippen molar-refractivity contribution in [2.45, 2.75) is 20.0 Å². The van der Waals surface area contributed by atoms with Crippen LogP contribution in [0.1, 0.15) is 29.8 Å². The number of amidine groups is 1.